The maximum atomic E-state index is 13.6. The van der Waals surface area contributed by atoms with Gasteiger partial charge in [-0.15, -0.1) is 0 Å². The second-order valence-corrected chi connectivity index (χ2v) is 12.7. The number of nitrogens with one attached hydrogen (secondary N) is 1. The van der Waals surface area contributed by atoms with Crippen molar-refractivity contribution in [3.8, 4) is 34.0 Å². The maximum absolute atomic E-state index is 13.6. The number of sulfone groups is 1. The van der Waals surface area contributed by atoms with Crippen molar-refractivity contribution in [1.29, 1.82) is 0 Å². The lowest BCUT2D eigenvalue weighted by molar-refractivity contribution is 0.434. The summed E-state index contributed by atoms with van der Waals surface area (Å²) in [5.74, 6) is 0.611. The number of anilines is 1. The van der Waals surface area contributed by atoms with Gasteiger partial charge < -0.3 is 15.6 Å². The Labute approximate surface area is 228 Å². The van der Waals surface area contributed by atoms with Crippen molar-refractivity contribution in [1.82, 2.24) is 20.4 Å². The molecule has 0 atom stereocenters. The highest BCUT2D eigenvalue weighted by Gasteiger charge is 2.44. The maximum Gasteiger partial charge on any atom is 0.189 e. The quantitative estimate of drug-likeness (QED) is 0.266. The van der Waals surface area contributed by atoms with Crippen molar-refractivity contribution >= 4 is 54.9 Å². The van der Waals surface area contributed by atoms with E-state index in [1.807, 2.05) is 70.5 Å². The van der Waals surface area contributed by atoms with E-state index < -0.39 is 14.5 Å². The zero-order chi connectivity index (χ0) is 27.7. The molecule has 2 heterocycles. The Bertz CT molecular complexity index is 1520. The summed E-state index contributed by atoms with van der Waals surface area (Å²) in [5.41, 5.74) is 10.4. The Kier molecular flexibility index (Phi) is 7.94. The molecule has 0 bridgehead atoms. The molecule has 190 valence electrons. The van der Waals surface area contributed by atoms with Crippen LogP contribution in [0.2, 0.25) is 11.4 Å². The number of benzene rings is 2. The minimum Gasteiger partial charge on any atom is -0.382 e. The van der Waals surface area contributed by atoms with Crippen molar-refractivity contribution < 1.29 is 12.9 Å². The molecular weight excluding hydrogens is 492 g/mol. The van der Waals surface area contributed by atoms with Crippen molar-refractivity contribution in [2.24, 2.45) is 0 Å². The van der Waals surface area contributed by atoms with Gasteiger partial charge in [0, 0.05) is 28.4 Å². The van der Waals surface area contributed by atoms with Crippen LogP contribution in [0.4, 0.5) is 5.82 Å². The predicted octanol–water partition coefficient (Wildman–Crippen LogP) is -1.11. The standard InChI is InChI=1S/C24H30B5N5O3S/c1-31-11-13-2-4-14(5-3-13)17-10-19(37-34-17)20-21(30)32-12-18(33-20)15-6-8-16(9-7-15)38(35,36)24(29,22(25)26)23(27)28/h2-10,12,22-23,31H,11,25-29H2,1H3,(H2,30,32). The highest BCUT2D eigenvalue weighted by molar-refractivity contribution is 7.94. The van der Waals surface area contributed by atoms with E-state index in [0.29, 0.717) is 28.4 Å². The first-order valence-corrected chi connectivity index (χ1v) is 14.2. The molecule has 0 radical (unpaired) electrons. The minimum atomic E-state index is -3.57. The molecule has 0 saturated heterocycles. The fourth-order valence-electron chi connectivity index (χ4n) is 4.59. The molecule has 0 unspecified atom stereocenters. The summed E-state index contributed by atoms with van der Waals surface area (Å²) in [6.07, 6.45) is 1.56. The van der Waals surface area contributed by atoms with Gasteiger partial charge in [-0.1, -0.05) is 53.0 Å². The predicted molar refractivity (Wildman–Crippen MR) is 166 cm³/mol. The first-order chi connectivity index (χ1) is 18.0. The molecule has 4 aromatic rings. The van der Waals surface area contributed by atoms with E-state index in [1.54, 1.807) is 36.5 Å². The lowest BCUT2D eigenvalue weighted by Crippen LogP contribution is -2.48. The van der Waals surface area contributed by atoms with Crippen LogP contribution in [-0.4, -0.2) is 74.5 Å². The second-order valence-electron chi connectivity index (χ2n) is 10.3. The van der Waals surface area contributed by atoms with Crippen molar-refractivity contribution in [3.05, 3.63) is 66.4 Å². The smallest absolute Gasteiger partial charge is 0.189 e. The minimum absolute atomic E-state index is 0.0456. The molecule has 3 N–H and O–H groups in total. The van der Waals surface area contributed by atoms with E-state index in [2.05, 4.69) is 20.4 Å². The summed E-state index contributed by atoms with van der Waals surface area (Å²) < 4.78 is 31.8. The molecule has 0 aliphatic carbocycles. The Hall–Kier alpha value is -3.24. The highest BCUT2D eigenvalue weighted by atomic mass is 32.2. The third-order valence-electron chi connectivity index (χ3n) is 7.51. The van der Waals surface area contributed by atoms with Crippen molar-refractivity contribution in [3.63, 3.8) is 0 Å². The van der Waals surface area contributed by atoms with Crippen LogP contribution < -0.4 is 11.1 Å². The van der Waals surface area contributed by atoms with Gasteiger partial charge in [-0.2, -0.15) is 0 Å². The van der Waals surface area contributed by atoms with Gasteiger partial charge in [-0.05, 0) is 24.7 Å². The van der Waals surface area contributed by atoms with E-state index in [4.69, 9.17) is 10.3 Å². The molecule has 0 fully saturated rings. The summed E-state index contributed by atoms with van der Waals surface area (Å²) in [6, 6.07) is 16.6. The number of nitrogens with zero attached hydrogens (tertiary/aromatic N) is 3. The van der Waals surface area contributed by atoms with Crippen LogP contribution in [0.3, 0.4) is 0 Å². The molecule has 14 heteroatoms. The van der Waals surface area contributed by atoms with Crippen LogP contribution in [0.15, 0.2) is 70.2 Å². The monoisotopic (exact) mass is 523 g/mol. The molecular formula is C24H30B5N5O3S. The van der Waals surface area contributed by atoms with E-state index in [1.165, 1.54) is 5.56 Å². The first-order valence-electron chi connectivity index (χ1n) is 12.7. The van der Waals surface area contributed by atoms with Crippen LogP contribution in [0.5, 0.6) is 0 Å². The summed E-state index contributed by atoms with van der Waals surface area (Å²) in [5, 5.41) is 7.32. The average molecular weight is 523 g/mol. The highest BCUT2D eigenvalue weighted by Crippen LogP contribution is 2.38. The van der Waals surface area contributed by atoms with Crippen LogP contribution in [0.25, 0.3) is 34.0 Å². The Morgan fingerprint density at radius 2 is 1.55 bits per heavy atom. The first kappa shape index (κ1) is 27.8. The zero-order valence-corrected chi connectivity index (χ0v) is 23.5. The number of nitrogen functional groups attached to an aromatic ring is 1. The molecule has 0 spiro atoms. The Morgan fingerprint density at radius 3 is 2.13 bits per heavy atom. The Morgan fingerprint density at radius 1 is 0.974 bits per heavy atom. The molecule has 8 nitrogen and oxygen atoms in total. The molecule has 0 saturated carbocycles. The molecule has 0 aliphatic heterocycles. The normalized spacial score (nSPS) is 12.3. The van der Waals surface area contributed by atoms with Gasteiger partial charge in [-0.25, -0.2) is 18.4 Å². The van der Waals surface area contributed by atoms with E-state index in [0.717, 1.165) is 12.1 Å². The molecule has 38 heavy (non-hydrogen) atoms. The number of nitrogens with two attached hydrogens (primary N) is 1. The third-order valence-corrected chi connectivity index (χ3v) is 10.5. The van der Waals surface area contributed by atoms with E-state index in [9.17, 15) is 8.42 Å². The molecule has 0 amide bonds. The van der Waals surface area contributed by atoms with Crippen LogP contribution >= 0.6 is 0 Å². The SMILES string of the molecule is BC(B)C(B)(C(B)B)S(=O)(=O)c1ccc(-c2cnc(N)c(-c3cc(-c4ccc(CNC)cc4)no3)n2)cc1. The average Bonchev–Trinajstić information content (AvgIpc) is 3.39. The van der Waals surface area contributed by atoms with Gasteiger partial charge >= 0.3 is 0 Å². The zero-order valence-electron chi connectivity index (χ0n) is 22.7. The summed E-state index contributed by atoms with van der Waals surface area (Å²) in [6.45, 7) is 0.783. The van der Waals surface area contributed by atoms with Gasteiger partial charge in [0.15, 0.2) is 27.1 Å². The number of rotatable bonds is 9. The molecule has 0 aliphatic rings. The fraction of sp³-hybridized carbons (Fsp3) is 0.208. The van der Waals surface area contributed by atoms with Crippen LogP contribution in [-0.2, 0) is 16.4 Å². The lowest BCUT2D eigenvalue weighted by atomic mass is 9.44. The second kappa shape index (κ2) is 10.9. The topological polar surface area (TPSA) is 124 Å². The van der Waals surface area contributed by atoms with E-state index in [-0.39, 0.29) is 22.1 Å². The summed E-state index contributed by atoms with van der Waals surface area (Å²) >= 11 is 0. The number of aromatic nitrogens is 3. The lowest BCUT2D eigenvalue weighted by Gasteiger charge is -2.38. The third kappa shape index (κ3) is 5.07. The van der Waals surface area contributed by atoms with E-state index >= 15 is 0 Å². The van der Waals surface area contributed by atoms with Gasteiger partial charge in [0.25, 0.3) is 0 Å². The number of hydrogen-bond donors (Lipinski definition) is 2. The summed E-state index contributed by atoms with van der Waals surface area (Å²) in [7, 11) is 7.96. The fourth-order valence-corrected chi connectivity index (χ4v) is 6.83. The van der Waals surface area contributed by atoms with Crippen molar-refractivity contribution in [2.45, 2.75) is 27.5 Å². The molecule has 4 rings (SSSR count). The molecule has 2 aromatic carbocycles. The largest absolute Gasteiger partial charge is 0.382 e. The van der Waals surface area contributed by atoms with Gasteiger partial charge in [0.2, 0.25) is 0 Å². The van der Waals surface area contributed by atoms with Gasteiger partial charge in [0.05, 0.1) is 48.2 Å². The number of hydrogen-bond acceptors (Lipinski definition) is 8. The molecule has 2 aromatic heterocycles. The van der Waals surface area contributed by atoms with Crippen LogP contribution in [0, 0.1) is 0 Å². The van der Waals surface area contributed by atoms with Crippen molar-refractivity contribution in [2.75, 3.05) is 12.8 Å². The Balaban J connectivity index is 1.64. The summed E-state index contributed by atoms with van der Waals surface area (Å²) in [4.78, 5) is 9.27. The van der Waals surface area contributed by atoms with Gasteiger partial charge in [-0.3, -0.25) is 0 Å². The van der Waals surface area contributed by atoms with Crippen LogP contribution in [0.1, 0.15) is 5.56 Å². The van der Waals surface area contributed by atoms with Gasteiger partial charge in [0.1, 0.15) is 13.5 Å².